The Hall–Kier alpha value is -1.19. The first-order valence-electron chi connectivity index (χ1n) is 6.72. The van der Waals surface area contributed by atoms with Crippen LogP contribution in [0.25, 0.3) is 0 Å². The summed E-state index contributed by atoms with van der Waals surface area (Å²) in [5, 5.41) is 9.54. The van der Waals surface area contributed by atoms with Gasteiger partial charge in [0.2, 0.25) is 0 Å². The van der Waals surface area contributed by atoms with Gasteiger partial charge in [-0.15, -0.1) is 0 Å². The van der Waals surface area contributed by atoms with E-state index in [9.17, 15) is 13.9 Å². The molecule has 0 radical (unpaired) electrons. The fourth-order valence-electron chi connectivity index (χ4n) is 2.15. The highest BCUT2D eigenvalue weighted by Crippen LogP contribution is 2.20. The Balaban J connectivity index is 1.95. The molecule has 1 aliphatic rings. The predicted molar refractivity (Wildman–Crippen MR) is 77.6 cm³/mol. The highest BCUT2D eigenvalue weighted by Gasteiger charge is 2.13. The van der Waals surface area contributed by atoms with Gasteiger partial charge in [0.05, 0.1) is 24.6 Å². The van der Waals surface area contributed by atoms with Crippen LogP contribution in [0.4, 0.5) is 5.69 Å². The molecule has 1 aromatic carbocycles. The molecule has 2 rings (SSSR count). The van der Waals surface area contributed by atoms with Gasteiger partial charge in [0.1, 0.15) is 12.5 Å². The second-order valence-corrected chi connectivity index (χ2v) is 5.33. The van der Waals surface area contributed by atoms with Gasteiger partial charge < -0.3 is 19.3 Å². The van der Waals surface area contributed by atoms with Crippen LogP contribution in [-0.2, 0) is 20.3 Å². The number of benzene rings is 1. The Morgan fingerprint density at radius 2 is 2.19 bits per heavy atom. The van der Waals surface area contributed by atoms with Gasteiger partial charge in [-0.3, -0.25) is 9.08 Å². The Bertz CT molecular complexity index is 468. The summed E-state index contributed by atoms with van der Waals surface area (Å²) in [5.41, 5.74) is 0.716. The number of nitrogens with zero attached hydrogens (tertiary/aromatic N) is 2. The van der Waals surface area contributed by atoms with E-state index in [4.69, 9.17) is 4.74 Å². The quantitative estimate of drug-likeness (QED) is 0.572. The molecule has 0 aliphatic carbocycles. The van der Waals surface area contributed by atoms with Crippen LogP contribution in [0.1, 0.15) is 0 Å². The average molecular weight is 315 g/mol. The van der Waals surface area contributed by atoms with E-state index in [0.717, 1.165) is 19.6 Å². The third-order valence-electron chi connectivity index (χ3n) is 3.29. The lowest BCUT2D eigenvalue weighted by Crippen LogP contribution is -2.42. The number of phenols is 1. The summed E-state index contributed by atoms with van der Waals surface area (Å²) in [6.07, 6.45) is 0. The van der Waals surface area contributed by atoms with E-state index < -0.39 is 11.4 Å². The first-order chi connectivity index (χ1) is 10.1. The van der Waals surface area contributed by atoms with E-state index in [1.54, 1.807) is 29.2 Å². The van der Waals surface area contributed by atoms with Crippen LogP contribution in [-0.4, -0.2) is 64.9 Å². The first kappa shape index (κ1) is 16.2. The van der Waals surface area contributed by atoms with Crippen LogP contribution in [0.5, 0.6) is 5.75 Å². The topological polar surface area (TPSA) is 85.3 Å². The Morgan fingerprint density at radius 1 is 1.43 bits per heavy atom. The monoisotopic (exact) mass is 315 g/mol. The second-order valence-electron chi connectivity index (χ2n) is 4.69. The lowest BCUT2D eigenvalue weighted by Gasteiger charge is -2.31. The predicted octanol–water partition coefficient (Wildman–Crippen LogP) is 0.299. The molecule has 1 fully saturated rings. The molecule has 118 valence electrons. The van der Waals surface area contributed by atoms with Crippen molar-refractivity contribution in [1.29, 1.82) is 0 Å². The standard InChI is InChI=1S/C13H20N2O5S/c16-13-3-1-2-12(10-13)15(11-20-21(17)18)5-4-14-6-8-19-9-7-14/h1-3,10,16H,4-9,11H2,(H,17,18)/p-1. The average Bonchev–Trinajstić information content (AvgIpc) is 2.48. The number of rotatable bonds is 7. The summed E-state index contributed by atoms with van der Waals surface area (Å²) in [5.74, 6) is 0.132. The second kappa shape index (κ2) is 8.30. The van der Waals surface area contributed by atoms with Crippen LogP contribution < -0.4 is 4.90 Å². The summed E-state index contributed by atoms with van der Waals surface area (Å²) >= 11 is -2.56. The fourth-order valence-corrected chi connectivity index (χ4v) is 2.36. The minimum Gasteiger partial charge on any atom is -0.750 e. The summed E-state index contributed by atoms with van der Waals surface area (Å²) in [6, 6.07) is 6.66. The number of phenolic OH excluding ortho intramolecular Hbond substituents is 1. The van der Waals surface area contributed by atoms with Crippen LogP contribution in [0, 0.1) is 0 Å². The molecule has 0 amide bonds. The maximum Gasteiger partial charge on any atom is 0.134 e. The first-order valence-corrected chi connectivity index (χ1v) is 7.72. The van der Waals surface area contributed by atoms with Crippen LogP contribution in [0.2, 0.25) is 0 Å². The maximum atomic E-state index is 10.6. The van der Waals surface area contributed by atoms with Crippen LogP contribution >= 0.6 is 0 Å². The fraction of sp³-hybridized carbons (Fsp3) is 0.538. The van der Waals surface area contributed by atoms with Crippen molar-refractivity contribution in [3.63, 3.8) is 0 Å². The van der Waals surface area contributed by atoms with Gasteiger partial charge in [-0.05, 0) is 12.1 Å². The molecule has 8 heteroatoms. The van der Waals surface area contributed by atoms with Crippen LogP contribution in [0.3, 0.4) is 0 Å². The third kappa shape index (κ3) is 5.60. The molecule has 0 bridgehead atoms. The van der Waals surface area contributed by atoms with Gasteiger partial charge in [-0.1, -0.05) is 6.07 Å². The SMILES string of the molecule is O=S([O-])OCN(CCN1CCOCC1)c1cccc(O)c1. The van der Waals surface area contributed by atoms with E-state index in [-0.39, 0.29) is 12.5 Å². The van der Waals surface area contributed by atoms with Crippen molar-refractivity contribution in [2.24, 2.45) is 0 Å². The van der Waals surface area contributed by atoms with E-state index in [1.807, 2.05) is 0 Å². The van der Waals surface area contributed by atoms with E-state index in [2.05, 4.69) is 9.08 Å². The summed E-state index contributed by atoms with van der Waals surface area (Å²) in [4.78, 5) is 4.01. The number of hydrogen-bond donors (Lipinski definition) is 1. The van der Waals surface area contributed by atoms with Gasteiger partial charge in [0.15, 0.2) is 0 Å². The normalized spacial score (nSPS) is 17.6. The molecule has 21 heavy (non-hydrogen) atoms. The molecule has 1 aliphatic heterocycles. The molecule has 1 atom stereocenters. The molecule has 0 aromatic heterocycles. The largest absolute Gasteiger partial charge is 0.750 e. The Kier molecular flexibility index (Phi) is 6.40. The lowest BCUT2D eigenvalue weighted by atomic mass is 10.2. The smallest absolute Gasteiger partial charge is 0.134 e. The minimum absolute atomic E-state index is 0.0795. The third-order valence-corrected chi connectivity index (χ3v) is 3.59. The molecule has 1 aromatic rings. The minimum atomic E-state index is -2.56. The molecule has 1 saturated heterocycles. The maximum absolute atomic E-state index is 10.6. The summed E-state index contributed by atoms with van der Waals surface area (Å²) < 4.78 is 31.1. The van der Waals surface area contributed by atoms with Crippen molar-refractivity contribution in [2.45, 2.75) is 0 Å². The van der Waals surface area contributed by atoms with Crippen molar-refractivity contribution in [1.82, 2.24) is 4.90 Å². The number of morpholine rings is 1. The Morgan fingerprint density at radius 3 is 2.86 bits per heavy atom. The molecule has 0 spiro atoms. The molecule has 0 saturated carbocycles. The number of ether oxygens (including phenoxy) is 1. The summed E-state index contributed by atoms with van der Waals surface area (Å²) in [7, 11) is 0. The van der Waals surface area contributed by atoms with Crippen molar-refractivity contribution in [3.05, 3.63) is 24.3 Å². The number of aromatic hydroxyl groups is 1. The molecule has 7 nitrogen and oxygen atoms in total. The molecule has 1 heterocycles. The molecule has 1 unspecified atom stereocenters. The highest BCUT2D eigenvalue weighted by molar-refractivity contribution is 7.74. The van der Waals surface area contributed by atoms with Gasteiger partial charge >= 0.3 is 0 Å². The van der Waals surface area contributed by atoms with Crippen LogP contribution in [0.15, 0.2) is 24.3 Å². The van der Waals surface area contributed by atoms with E-state index >= 15 is 0 Å². The highest BCUT2D eigenvalue weighted by atomic mass is 32.2. The van der Waals surface area contributed by atoms with Gasteiger partial charge in [-0.25, -0.2) is 4.21 Å². The zero-order valence-corrected chi connectivity index (χ0v) is 12.5. The number of anilines is 1. The molecular weight excluding hydrogens is 296 g/mol. The molecule has 1 N–H and O–H groups in total. The van der Waals surface area contributed by atoms with Crippen molar-refractivity contribution >= 4 is 17.0 Å². The van der Waals surface area contributed by atoms with E-state index in [1.165, 1.54) is 0 Å². The zero-order valence-electron chi connectivity index (χ0n) is 11.6. The van der Waals surface area contributed by atoms with E-state index in [0.29, 0.717) is 25.4 Å². The zero-order chi connectivity index (χ0) is 15.1. The van der Waals surface area contributed by atoms with Crippen molar-refractivity contribution < 1.29 is 22.8 Å². The van der Waals surface area contributed by atoms with Crippen molar-refractivity contribution in [2.75, 3.05) is 51.0 Å². The lowest BCUT2D eigenvalue weighted by molar-refractivity contribution is 0.0388. The van der Waals surface area contributed by atoms with Gasteiger partial charge in [0.25, 0.3) is 0 Å². The van der Waals surface area contributed by atoms with Crippen molar-refractivity contribution in [3.8, 4) is 5.75 Å². The number of hydrogen-bond acceptors (Lipinski definition) is 7. The Labute approximate surface area is 126 Å². The summed E-state index contributed by atoms with van der Waals surface area (Å²) in [6.45, 7) is 4.45. The van der Waals surface area contributed by atoms with Gasteiger partial charge in [0, 0.05) is 37.9 Å². The molecular formula is C13H19N2O5S-. The van der Waals surface area contributed by atoms with Gasteiger partial charge in [-0.2, -0.15) is 0 Å².